The van der Waals surface area contributed by atoms with Crippen molar-refractivity contribution < 1.29 is 4.39 Å². The number of hydrogen-bond acceptors (Lipinski definition) is 2. The highest BCUT2D eigenvalue weighted by atomic mass is 19.1. The maximum absolute atomic E-state index is 13.5. The molecule has 4 heteroatoms. The highest BCUT2D eigenvalue weighted by Gasteiger charge is 2.14. The second kappa shape index (κ2) is 6.02. The van der Waals surface area contributed by atoms with Crippen LogP contribution in [0.15, 0.2) is 78.9 Å². The van der Waals surface area contributed by atoms with Gasteiger partial charge in [0.25, 0.3) is 0 Å². The molecule has 3 nitrogen and oxygen atoms in total. The summed E-state index contributed by atoms with van der Waals surface area (Å²) in [4.78, 5) is 9.49. The maximum Gasteiger partial charge on any atom is 0.235 e. The molecule has 0 fully saturated rings. The number of para-hydroxylation sites is 2. The molecule has 5 aromatic rings. The zero-order valence-corrected chi connectivity index (χ0v) is 14.7. The molecule has 2 heterocycles. The Kier molecular flexibility index (Phi) is 3.50. The molecule has 3 aromatic carbocycles. The lowest BCUT2D eigenvalue weighted by Gasteiger charge is -2.10. The number of nitrogens with zero attached hydrogens (tertiary/aromatic N) is 3. The van der Waals surface area contributed by atoms with Crippen LogP contribution in [0.1, 0.15) is 5.56 Å². The van der Waals surface area contributed by atoms with Crippen LogP contribution in [0, 0.1) is 12.7 Å². The van der Waals surface area contributed by atoms with Gasteiger partial charge in [0.1, 0.15) is 5.82 Å². The minimum atomic E-state index is -0.252. The van der Waals surface area contributed by atoms with Gasteiger partial charge in [0.05, 0.1) is 22.4 Å². The summed E-state index contributed by atoms with van der Waals surface area (Å²) in [5, 5.41) is 0. The Balaban J connectivity index is 1.85. The number of aromatic nitrogens is 3. The van der Waals surface area contributed by atoms with Gasteiger partial charge in [0.15, 0.2) is 0 Å². The molecule has 5 rings (SSSR count). The molecule has 2 aromatic heterocycles. The Morgan fingerprint density at radius 3 is 2.26 bits per heavy atom. The first kappa shape index (κ1) is 15.7. The first-order valence-electron chi connectivity index (χ1n) is 8.80. The number of benzene rings is 3. The Morgan fingerprint density at radius 2 is 1.48 bits per heavy atom. The Hall–Kier alpha value is -3.53. The summed E-state index contributed by atoms with van der Waals surface area (Å²) in [7, 11) is 0. The molecule has 0 N–H and O–H groups in total. The van der Waals surface area contributed by atoms with E-state index in [0.717, 1.165) is 33.5 Å². The highest BCUT2D eigenvalue weighted by Crippen LogP contribution is 2.29. The smallest absolute Gasteiger partial charge is 0.235 e. The third-order valence-electron chi connectivity index (χ3n) is 4.77. The summed E-state index contributed by atoms with van der Waals surface area (Å²) in [6.45, 7) is 2.06. The molecule has 130 valence electrons. The Labute approximate surface area is 155 Å². The van der Waals surface area contributed by atoms with E-state index in [2.05, 4.69) is 31.2 Å². The van der Waals surface area contributed by atoms with Crippen molar-refractivity contribution in [3.05, 3.63) is 90.2 Å². The summed E-state index contributed by atoms with van der Waals surface area (Å²) < 4.78 is 15.5. The van der Waals surface area contributed by atoms with E-state index < -0.39 is 0 Å². The third-order valence-corrected chi connectivity index (χ3v) is 4.77. The molecular weight excluding hydrogens is 337 g/mol. The van der Waals surface area contributed by atoms with E-state index in [-0.39, 0.29) is 5.82 Å². The van der Waals surface area contributed by atoms with Crippen LogP contribution in [-0.2, 0) is 0 Å². The normalized spacial score (nSPS) is 11.3. The van der Waals surface area contributed by atoms with E-state index >= 15 is 0 Å². The van der Waals surface area contributed by atoms with Gasteiger partial charge < -0.3 is 0 Å². The van der Waals surface area contributed by atoms with E-state index in [9.17, 15) is 4.39 Å². The molecule has 0 aliphatic carbocycles. The fourth-order valence-electron chi connectivity index (χ4n) is 3.37. The van der Waals surface area contributed by atoms with Crippen molar-refractivity contribution >= 4 is 16.8 Å². The minimum absolute atomic E-state index is 0.252. The van der Waals surface area contributed by atoms with Gasteiger partial charge in [-0.2, -0.15) is 0 Å². The van der Waals surface area contributed by atoms with Crippen LogP contribution < -0.4 is 0 Å². The molecule has 0 aliphatic heterocycles. The van der Waals surface area contributed by atoms with E-state index in [1.807, 2.05) is 34.7 Å². The summed E-state index contributed by atoms with van der Waals surface area (Å²) in [6, 6.07) is 24.8. The lowest BCUT2D eigenvalue weighted by atomic mass is 10.1. The first-order valence-corrected chi connectivity index (χ1v) is 8.80. The average Bonchev–Trinajstić information content (AvgIpc) is 3.07. The monoisotopic (exact) mass is 353 g/mol. The summed E-state index contributed by atoms with van der Waals surface area (Å²) in [6.07, 6.45) is 0. The quantitative estimate of drug-likeness (QED) is 0.410. The van der Waals surface area contributed by atoms with Crippen LogP contribution in [-0.4, -0.2) is 14.4 Å². The van der Waals surface area contributed by atoms with Crippen LogP contribution in [0.3, 0.4) is 0 Å². The van der Waals surface area contributed by atoms with Crippen molar-refractivity contribution in [2.75, 3.05) is 0 Å². The molecule has 0 saturated heterocycles. The molecule has 0 unspecified atom stereocenters. The van der Waals surface area contributed by atoms with Gasteiger partial charge in [0, 0.05) is 5.56 Å². The zero-order valence-electron chi connectivity index (χ0n) is 14.7. The highest BCUT2D eigenvalue weighted by molar-refractivity contribution is 5.84. The molecule has 0 saturated carbocycles. The first-order chi connectivity index (χ1) is 13.2. The van der Waals surface area contributed by atoms with E-state index in [0.29, 0.717) is 5.78 Å². The SMILES string of the molecule is Cc1ccc(-c2cc(-c3ccc(F)cc3)n3c(n2)nc2ccccc23)cc1. The van der Waals surface area contributed by atoms with Gasteiger partial charge >= 0.3 is 0 Å². The van der Waals surface area contributed by atoms with Crippen molar-refractivity contribution in [2.24, 2.45) is 0 Å². The van der Waals surface area contributed by atoms with Gasteiger partial charge in [-0.1, -0.05) is 42.0 Å². The zero-order chi connectivity index (χ0) is 18.4. The topological polar surface area (TPSA) is 30.2 Å². The lowest BCUT2D eigenvalue weighted by molar-refractivity contribution is 0.628. The molecule has 0 amide bonds. The second-order valence-corrected chi connectivity index (χ2v) is 6.64. The van der Waals surface area contributed by atoms with Crippen LogP contribution >= 0.6 is 0 Å². The van der Waals surface area contributed by atoms with Crippen LogP contribution in [0.4, 0.5) is 4.39 Å². The molecule has 0 aliphatic rings. The molecule has 0 radical (unpaired) electrons. The summed E-state index contributed by atoms with van der Waals surface area (Å²) in [5.41, 5.74) is 6.79. The van der Waals surface area contributed by atoms with Gasteiger partial charge in [-0.15, -0.1) is 0 Å². The van der Waals surface area contributed by atoms with Gasteiger partial charge in [-0.3, -0.25) is 4.40 Å². The number of imidazole rings is 1. The molecule has 0 atom stereocenters. The average molecular weight is 353 g/mol. The van der Waals surface area contributed by atoms with Crippen molar-refractivity contribution in [1.29, 1.82) is 0 Å². The molecule has 0 spiro atoms. The van der Waals surface area contributed by atoms with Gasteiger partial charge in [-0.25, -0.2) is 14.4 Å². The standard InChI is InChI=1S/C23H16FN3/c1-15-6-8-16(9-7-15)20-14-22(17-10-12-18(24)13-11-17)27-21-5-3-2-4-19(21)25-23(27)26-20/h2-14H,1H3. The summed E-state index contributed by atoms with van der Waals surface area (Å²) in [5.74, 6) is 0.381. The van der Waals surface area contributed by atoms with E-state index in [1.165, 1.54) is 17.7 Å². The van der Waals surface area contributed by atoms with Crippen molar-refractivity contribution in [3.63, 3.8) is 0 Å². The third kappa shape index (κ3) is 2.66. The van der Waals surface area contributed by atoms with Crippen molar-refractivity contribution in [2.45, 2.75) is 6.92 Å². The van der Waals surface area contributed by atoms with Crippen LogP contribution in [0.25, 0.3) is 39.3 Å². The number of hydrogen-bond donors (Lipinski definition) is 0. The largest absolute Gasteiger partial charge is 0.276 e. The fourth-order valence-corrected chi connectivity index (χ4v) is 3.37. The van der Waals surface area contributed by atoms with Crippen molar-refractivity contribution in [1.82, 2.24) is 14.4 Å². The Bertz CT molecular complexity index is 1270. The maximum atomic E-state index is 13.5. The van der Waals surface area contributed by atoms with Crippen LogP contribution in [0.2, 0.25) is 0 Å². The second-order valence-electron chi connectivity index (χ2n) is 6.64. The predicted octanol–water partition coefficient (Wildman–Crippen LogP) is 5.66. The van der Waals surface area contributed by atoms with Crippen molar-refractivity contribution in [3.8, 4) is 22.5 Å². The molecular formula is C23H16FN3. The molecule has 27 heavy (non-hydrogen) atoms. The predicted molar refractivity (Wildman–Crippen MR) is 106 cm³/mol. The molecule has 0 bridgehead atoms. The van der Waals surface area contributed by atoms with Gasteiger partial charge in [0.2, 0.25) is 5.78 Å². The van der Waals surface area contributed by atoms with Gasteiger partial charge in [-0.05, 0) is 55.0 Å². The number of fused-ring (bicyclic) bond motifs is 3. The number of rotatable bonds is 2. The Morgan fingerprint density at radius 1 is 0.778 bits per heavy atom. The number of aryl methyl sites for hydroxylation is 1. The van der Waals surface area contributed by atoms with E-state index in [1.54, 1.807) is 12.1 Å². The fraction of sp³-hybridized carbons (Fsp3) is 0.0435. The lowest BCUT2D eigenvalue weighted by Crippen LogP contribution is -1.97. The summed E-state index contributed by atoms with van der Waals surface area (Å²) >= 11 is 0. The van der Waals surface area contributed by atoms with Crippen LogP contribution in [0.5, 0.6) is 0 Å². The van der Waals surface area contributed by atoms with E-state index in [4.69, 9.17) is 9.97 Å². The number of halogens is 1. The minimum Gasteiger partial charge on any atom is -0.276 e.